The van der Waals surface area contributed by atoms with Crippen molar-refractivity contribution in [3.63, 3.8) is 0 Å². The lowest BCUT2D eigenvalue weighted by atomic mass is 9.67. The Hall–Kier alpha value is -0.300. The molecule has 6 atom stereocenters. The highest BCUT2D eigenvalue weighted by Gasteiger charge is 2.70. The van der Waals surface area contributed by atoms with Crippen molar-refractivity contribution in [1.29, 1.82) is 0 Å². The minimum absolute atomic E-state index is 0.366. The number of hydrogen-bond donors (Lipinski definition) is 0. The summed E-state index contributed by atoms with van der Waals surface area (Å²) < 4.78 is 5.95. The van der Waals surface area contributed by atoms with Crippen LogP contribution in [0.1, 0.15) is 39.5 Å². The Morgan fingerprint density at radius 2 is 2.20 bits per heavy atom. The first-order valence-electron chi connectivity index (χ1n) is 6.54. The van der Waals surface area contributed by atoms with E-state index in [0.717, 1.165) is 23.7 Å². The van der Waals surface area contributed by atoms with Crippen LogP contribution < -0.4 is 0 Å². The Bertz CT molecular complexity index is 345. The summed E-state index contributed by atoms with van der Waals surface area (Å²) in [6.45, 7) is 4.59. The van der Waals surface area contributed by atoms with Gasteiger partial charge in [0.15, 0.2) is 0 Å². The first-order chi connectivity index (χ1) is 7.21. The van der Waals surface area contributed by atoms with Gasteiger partial charge < -0.3 is 4.74 Å². The highest BCUT2D eigenvalue weighted by Crippen LogP contribution is 2.68. The van der Waals surface area contributed by atoms with Gasteiger partial charge in [0.05, 0.1) is 11.7 Å². The highest BCUT2D eigenvalue weighted by atomic mass is 16.6. The van der Waals surface area contributed by atoms with Crippen LogP contribution in [0.5, 0.6) is 0 Å². The van der Waals surface area contributed by atoms with E-state index in [1.54, 1.807) is 5.57 Å². The number of allylic oxidation sites excluding steroid dienone is 2. The zero-order valence-electron chi connectivity index (χ0n) is 9.70. The van der Waals surface area contributed by atoms with Crippen LogP contribution in [0.2, 0.25) is 0 Å². The fourth-order valence-electron chi connectivity index (χ4n) is 5.03. The van der Waals surface area contributed by atoms with E-state index < -0.39 is 0 Å². The number of epoxide rings is 1. The third-order valence-corrected chi connectivity index (χ3v) is 5.76. The molecule has 0 amide bonds. The number of rotatable bonds is 0. The molecule has 2 bridgehead atoms. The lowest BCUT2D eigenvalue weighted by Crippen LogP contribution is -2.36. The van der Waals surface area contributed by atoms with Crippen molar-refractivity contribution in [2.75, 3.05) is 0 Å². The van der Waals surface area contributed by atoms with E-state index in [1.165, 1.54) is 25.7 Å². The molecule has 4 aliphatic rings. The molecule has 3 aliphatic carbocycles. The molecule has 1 nitrogen and oxygen atoms in total. The predicted molar refractivity (Wildman–Crippen MR) is 59.5 cm³/mol. The summed E-state index contributed by atoms with van der Waals surface area (Å²) in [7, 11) is 0. The Morgan fingerprint density at radius 1 is 1.40 bits per heavy atom. The molecular weight excluding hydrogens is 184 g/mol. The third kappa shape index (κ3) is 0.939. The van der Waals surface area contributed by atoms with Crippen molar-refractivity contribution in [1.82, 2.24) is 0 Å². The maximum Gasteiger partial charge on any atom is 0.0979 e. The van der Waals surface area contributed by atoms with Crippen LogP contribution in [0.15, 0.2) is 11.6 Å². The molecular formula is C14H20O. The van der Waals surface area contributed by atoms with Crippen molar-refractivity contribution >= 4 is 0 Å². The van der Waals surface area contributed by atoms with Gasteiger partial charge >= 0.3 is 0 Å². The van der Waals surface area contributed by atoms with Gasteiger partial charge in [0, 0.05) is 0 Å². The molecule has 2 saturated carbocycles. The second-order valence-electron chi connectivity index (χ2n) is 6.34. The van der Waals surface area contributed by atoms with Crippen molar-refractivity contribution in [3.8, 4) is 0 Å². The molecule has 0 radical (unpaired) electrons. The number of fused-ring (bicyclic) bond motifs is 6. The van der Waals surface area contributed by atoms with Crippen molar-refractivity contribution in [2.45, 2.75) is 51.2 Å². The van der Waals surface area contributed by atoms with Crippen LogP contribution in [0.3, 0.4) is 0 Å². The molecule has 0 unspecified atom stereocenters. The van der Waals surface area contributed by atoms with Gasteiger partial charge in [0.25, 0.3) is 0 Å². The summed E-state index contributed by atoms with van der Waals surface area (Å²) in [5, 5.41) is 0. The fourth-order valence-corrected chi connectivity index (χ4v) is 5.03. The average Bonchev–Trinajstić information content (AvgIpc) is 2.61. The predicted octanol–water partition coefficient (Wildman–Crippen LogP) is 3.16. The number of ether oxygens (including phenoxy) is 1. The maximum atomic E-state index is 5.95. The Labute approximate surface area is 91.9 Å². The fraction of sp³-hybridized carbons (Fsp3) is 0.857. The van der Waals surface area contributed by atoms with E-state index in [9.17, 15) is 0 Å². The van der Waals surface area contributed by atoms with E-state index in [1.807, 2.05) is 0 Å². The van der Waals surface area contributed by atoms with E-state index in [2.05, 4.69) is 19.9 Å². The van der Waals surface area contributed by atoms with Crippen molar-refractivity contribution < 1.29 is 4.74 Å². The normalized spacial score (nSPS) is 60.7. The van der Waals surface area contributed by atoms with Gasteiger partial charge in [-0.15, -0.1) is 0 Å². The van der Waals surface area contributed by atoms with E-state index >= 15 is 0 Å². The standard InChI is InChI=1S/C14H20O/c1-8-3-4-11-12(5-8)10-6-13(11)14(7-10)9(2)15-14/h3,9-13H,4-7H2,1-2H3/t9-,10-,11-,12+,13+,14-/m0/s1. The molecule has 1 heteroatoms. The van der Waals surface area contributed by atoms with E-state index in [0.29, 0.717) is 11.7 Å². The SMILES string of the molecule is CC1=CC[C@H]2[C@H](C1)[C@H]1C[C@H]2[C@@]2(C1)O[C@H]2C. The Morgan fingerprint density at radius 3 is 2.93 bits per heavy atom. The van der Waals surface area contributed by atoms with Gasteiger partial charge in [0.2, 0.25) is 0 Å². The smallest absolute Gasteiger partial charge is 0.0979 e. The zero-order chi connectivity index (χ0) is 10.2. The molecule has 0 N–H and O–H groups in total. The molecule has 1 saturated heterocycles. The van der Waals surface area contributed by atoms with Gasteiger partial charge in [-0.2, -0.15) is 0 Å². The van der Waals surface area contributed by atoms with Crippen LogP contribution in [-0.2, 0) is 4.74 Å². The molecule has 1 aliphatic heterocycles. The summed E-state index contributed by atoms with van der Waals surface area (Å²) in [4.78, 5) is 0. The van der Waals surface area contributed by atoms with Crippen LogP contribution in [0.25, 0.3) is 0 Å². The lowest BCUT2D eigenvalue weighted by Gasteiger charge is -2.37. The molecule has 3 fully saturated rings. The summed E-state index contributed by atoms with van der Waals surface area (Å²) >= 11 is 0. The average molecular weight is 204 g/mol. The topological polar surface area (TPSA) is 12.5 Å². The van der Waals surface area contributed by atoms with Crippen LogP contribution in [0.4, 0.5) is 0 Å². The van der Waals surface area contributed by atoms with Gasteiger partial charge in [-0.25, -0.2) is 0 Å². The summed E-state index contributed by atoms with van der Waals surface area (Å²) in [6, 6.07) is 0. The van der Waals surface area contributed by atoms with Gasteiger partial charge in [-0.3, -0.25) is 0 Å². The van der Waals surface area contributed by atoms with Gasteiger partial charge in [0.1, 0.15) is 0 Å². The Kier molecular flexibility index (Phi) is 1.47. The van der Waals surface area contributed by atoms with Gasteiger partial charge in [-0.1, -0.05) is 11.6 Å². The first-order valence-corrected chi connectivity index (χ1v) is 6.54. The summed E-state index contributed by atoms with van der Waals surface area (Å²) in [6.07, 6.45) is 8.64. The largest absolute Gasteiger partial charge is 0.366 e. The number of hydrogen-bond acceptors (Lipinski definition) is 1. The van der Waals surface area contributed by atoms with E-state index in [4.69, 9.17) is 4.74 Å². The molecule has 4 rings (SSSR count). The third-order valence-electron chi connectivity index (χ3n) is 5.76. The second kappa shape index (κ2) is 2.51. The molecule has 1 spiro atoms. The molecule has 1 heterocycles. The van der Waals surface area contributed by atoms with Gasteiger partial charge in [-0.05, 0) is 63.2 Å². The van der Waals surface area contributed by atoms with Crippen molar-refractivity contribution in [3.05, 3.63) is 11.6 Å². The maximum absolute atomic E-state index is 5.95. The van der Waals surface area contributed by atoms with Crippen LogP contribution in [-0.4, -0.2) is 11.7 Å². The quantitative estimate of drug-likeness (QED) is 0.436. The van der Waals surface area contributed by atoms with E-state index in [-0.39, 0.29) is 0 Å². The minimum Gasteiger partial charge on any atom is -0.366 e. The monoisotopic (exact) mass is 204 g/mol. The highest BCUT2D eigenvalue weighted by molar-refractivity contribution is 5.22. The zero-order valence-corrected chi connectivity index (χ0v) is 9.70. The second-order valence-corrected chi connectivity index (χ2v) is 6.34. The minimum atomic E-state index is 0.366. The summed E-state index contributed by atoms with van der Waals surface area (Å²) in [5.74, 6) is 3.89. The molecule has 15 heavy (non-hydrogen) atoms. The lowest BCUT2D eigenvalue weighted by molar-refractivity contribution is 0.114. The van der Waals surface area contributed by atoms with Crippen LogP contribution >= 0.6 is 0 Å². The Balaban J connectivity index is 1.67. The molecule has 0 aromatic heterocycles. The molecule has 0 aromatic carbocycles. The molecule has 82 valence electrons. The molecule has 0 aromatic rings. The van der Waals surface area contributed by atoms with Crippen molar-refractivity contribution in [2.24, 2.45) is 23.7 Å². The summed E-state index contributed by atoms with van der Waals surface area (Å²) in [5.41, 5.74) is 2.01. The van der Waals surface area contributed by atoms with Crippen LogP contribution in [0, 0.1) is 23.7 Å². The first kappa shape index (κ1) is 8.81.